The third-order valence-corrected chi connectivity index (χ3v) is 5.75. The van der Waals surface area contributed by atoms with Crippen molar-refractivity contribution < 1.29 is 0 Å². The Morgan fingerprint density at radius 1 is 1.35 bits per heavy atom. The SMILES string of the molecule is CCNC(c1csc(C)c1)c1cc(Br)sc1Br. The van der Waals surface area contributed by atoms with E-state index in [2.05, 4.69) is 68.5 Å². The topological polar surface area (TPSA) is 12.0 Å². The molecular formula is C12H13Br2NS2. The zero-order valence-corrected chi connectivity index (χ0v) is 14.4. The molecule has 2 aromatic rings. The lowest BCUT2D eigenvalue weighted by Crippen LogP contribution is -2.21. The molecule has 0 amide bonds. The highest BCUT2D eigenvalue weighted by Crippen LogP contribution is 2.38. The van der Waals surface area contributed by atoms with Gasteiger partial charge in [0.25, 0.3) is 0 Å². The van der Waals surface area contributed by atoms with Crippen LogP contribution in [0.3, 0.4) is 0 Å². The van der Waals surface area contributed by atoms with Gasteiger partial charge in [-0.15, -0.1) is 22.7 Å². The largest absolute Gasteiger partial charge is 0.306 e. The van der Waals surface area contributed by atoms with Crippen LogP contribution in [0, 0.1) is 6.92 Å². The van der Waals surface area contributed by atoms with E-state index in [4.69, 9.17) is 0 Å². The van der Waals surface area contributed by atoms with Crippen LogP contribution in [0.25, 0.3) is 0 Å². The Kier molecular flexibility index (Phi) is 4.83. The molecule has 17 heavy (non-hydrogen) atoms. The summed E-state index contributed by atoms with van der Waals surface area (Å²) in [5.74, 6) is 0. The first kappa shape index (κ1) is 13.7. The lowest BCUT2D eigenvalue weighted by molar-refractivity contribution is 0.632. The predicted molar refractivity (Wildman–Crippen MR) is 84.3 cm³/mol. The number of aryl methyl sites for hydroxylation is 1. The van der Waals surface area contributed by atoms with Crippen molar-refractivity contribution in [3.8, 4) is 0 Å². The van der Waals surface area contributed by atoms with Crippen molar-refractivity contribution in [2.75, 3.05) is 6.54 Å². The first-order valence-electron chi connectivity index (χ1n) is 5.35. The van der Waals surface area contributed by atoms with E-state index < -0.39 is 0 Å². The van der Waals surface area contributed by atoms with Gasteiger partial charge in [-0.05, 0) is 74.0 Å². The zero-order chi connectivity index (χ0) is 12.4. The van der Waals surface area contributed by atoms with E-state index in [1.165, 1.54) is 19.8 Å². The normalized spacial score (nSPS) is 12.9. The molecule has 5 heteroatoms. The number of halogens is 2. The molecule has 2 rings (SSSR count). The molecule has 1 atom stereocenters. The first-order valence-corrected chi connectivity index (χ1v) is 8.63. The number of nitrogens with one attached hydrogen (secondary N) is 1. The molecule has 0 spiro atoms. The Hall–Kier alpha value is 0.320. The van der Waals surface area contributed by atoms with Crippen molar-refractivity contribution in [1.29, 1.82) is 0 Å². The first-order chi connectivity index (χ1) is 8.11. The molecule has 0 saturated heterocycles. The van der Waals surface area contributed by atoms with Gasteiger partial charge in [0.1, 0.15) is 0 Å². The van der Waals surface area contributed by atoms with Crippen LogP contribution in [0.5, 0.6) is 0 Å². The van der Waals surface area contributed by atoms with Crippen molar-refractivity contribution >= 4 is 54.5 Å². The summed E-state index contributed by atoms with van der Waals surface area (Å²) in [4.78, 5) is 1.35. The summed E-state index contributed by atoms with van der Waals surface area (Å²) < 4.78 is 2.36. The van der Waals surface area contributed by atoms with Crippen molar-refractivity contribution in [3.05, 3.63) is 41.1 Å². The minimum Gasteiger partial charge on any atom is -0.306 e. The molecule has 1 unspecified atom stereocenters. The fourth-order valence-electron chi connectivity index (χ4n) is 1.78. The summed E-state index contributed by atoms with van der Waals surface area (Å²) in [6, 6.07) is 4.73. The molecule has 0 radical (unpaired) electrons. The van der Waals surface area contributed by atoms with E-state index in [1.54, 1.807) is 22.7 Å². The van der Waals surface area contributed by atoms with Crippen LogP contribution in [0.1, 0.15) is 29.0 Å². The highest BCUT2D eigenvalue weighted by molar-refractivity contribution is 9.12. The van der Waals surface area contributed by atoms with Gasteiger partial charge >= 0.3 is 0 Å². The van der Waals surface area contributed by atoms with Gasteiger partial charge in [0, 0.05) is 4.88 Å². The van der Waals surface area contributed by atoms with Crippen LogP contribution in [-0.2, 0) is 0 Å². The fourth-order valence-corrected chi connectivity index (χ4v) is 5.41. The summed E-state index contributed by atoms with van der Waals surface area (Å²) >= 11 is 10.7. The second-order valence-corrected chi connectivity index (χ2v) is 8.63. The molecule has 2 aromatic heterocycles. The van der Waals surface area contributed by atoms with E-state index in [0.29, 0.717) is 0 Å². The molecule has 0 aliphatic heterocycles. The summed E-state index contributed by atoms with van der Waals surface area (Å²) in [5, 5.41) is 5.78. The molecule has 92 valence electrons. The Bertz CT molecular complexity index is 504. The van der Waals surface area contributed by atoms with Gasteiger partial charge in [-0.3, -0.25) is 0 Å². The molecule has 2 heterocycles. The van der Waals surface area contributed by atoms with Gasteiger partial charge in [0.15, 0.2) is 0 Å². The fraction of sp³-hybridized carbons (Fsp3) is 0.333. The third-order valence-electron chi connectivity index (χ3n) is 2.49. The van der Waals surface area contributed by atoms with Crippen LogP contribution in [0.15, 0.2) is 25.1 Å². The minimum atomic E-state index is 0.280. The van der Waals surface area contributed by atoms with E-state index in [0.717, 1.165) is 10.3 Å². The van der Waals surface area contributed by atoms with Crippen LogP contribution in [0.4, 0.5) is 0 Å². The molecule has 0 bridgehead atoms. The van der Waals surface area contributed by atoms with E-state index in [1.807, 2.05) is 0 Å². The maximum absolute atomic E-state index is 3.64. The Morgan fingerprint density at radius 2 is 2.12 bits per heavy atom. The summed E-state index contributed by atoms with van der Waals surface area (Å²) in [7, 11) is 0. The van der Waals surface area contributed by atoms with Gasteiger partial charge in [0.2, 0.25) is 0 Å². The maximum atomic E-state index is 3.64. The lowest BCUT2D eigenvalue weighted by atomic mass is 10.0. The van der Waals surface area contributed by atoms with Gasteiger partial charge in [-0.2, -0.15) is 0 Å². The average Bonchev–Trinajstić information content (AvgIpc) is 2.82. The summed E-state index contributed by atoms with van der Waals surface area (Å²) in [6.07, 6.45) is 0. The zero-order valence-electron chi connectivity index (χ0n) is 9.59. The van der Waals surface area contributed by atoms with E-state index >= 15 is 0 Å². The second-order valence-electron chi connectivity index (χ2n) is 3.76. The number of rotatable bonds is 4. The van der Waals surface area contributed by atoms with Gasteiger partial charge in [-0.1, -0.05) is 6.92 Å². The molecule has 0 aliphatic carbocycles. The summed E-state index contributed by atoms with van der Waals surface area (Å²) in [6.45, 7) is 5.25. The van der Waals surface area contributed by atoms with Crippen LogP contribution in [-0.4, -0.2) is 6.54 Å². The third kappa shape index (κ3) is 3.20. The van der Waals surface area contributed by atoms with E-state index in [9.17, 15) is 0 Å². The summed E-state index contributed by atoms with van der Waals surface area (Å²) in [5.41, 5.74) is 2.65. The Balaban J connectivity index is 2.38. The average molecular weight is 395 g/mol. The standard InChI is InChI=1S/C12H13Br2NS2/c1-3-15-11(8-4-7(2)16-6-8)9-5-10(13)17-12(9)14/h4-6,11,15H,3H2,1-2H3. The Labute approximate surface area is 127 Å². The predicted octanol–water partition coefficient (Wildman–Crippen LogP) is 5.34. The van der Waals surface area contributed by atoms with Crippen LogP contribution >= 0.6 is 54.5 Å². The smallest absolute Gasteiger partial charge is 0.0761 e. The van der Waals surface area contributed by atoms with Gasteiger partial charge in [0.05, 0.1) is 13.6 Å². The highest BCUT2D eigenvalue weighted by Gasteiger charge is 2.19. The second kappa shape index (κ2) is 5.97. The molecular weight excluding hydrogens is 382 g/mol. The van der Waals surface area contributed by atoms with Gasteiger partial charge < -0.3 is 5.32 Å². The molecule has 0 aromatic carbocycles. The van der Waals surface area contributed by atoms with Gasteiger partial charge in [-0.25, -0.2) is 0 Å². The van der Waals surface area contributed by atoms with Crippen molar-refractivity contribution in [2.45, 2.75) is 19.9 Å². The molecule has 1 nitrogen and oxygen atoms in total. The number of hydrogen-bond donors (Lipinski definition) is 1. The number of thiophene rings is 2. The molecule has 0 fully saturated rings. The van der Waals surface area contributed by atoms with E-state index in [-0.39, 0.29) is 6.04 Å². The quantitative estimate of drug-likeness (QED) is 0.737. The maximum Gasteiger partial charge on any atom is 0.0761 e. The number of hydrogen-bond acceptors (Lipinski definition) is 3. The molecule has 0 aliphatic rings. The monoisotopic (exact) mass is 393 g/mol. The van der Waals surface area contributed by atoms with Crippen molar-refractivity contribution in [2.24, 2.45) is 0 Å². The Morgan fingerprint density at radius 3 is 2.59 bits per heavy atom. The molecule has 1 N–H and O–H groups in total. The minimum absolute atomic E-state index is 0.280. The van der Waals surface area contributed by atoms with Crippen LogP contribution in [0.2, 0.25) is 0 Å². The molecule has 0 saturated carbocycles. The van der Waals surface area contributed by atoms with Crippen LogP contribution < -0.4 is 5.32 Å². The lowest BCUT2D eigenvalue weighted by Gasteiger charge is -2.16. The van der Waals surface area contributed by atoms with Crippen molar-refractivity contribution in [1.82, 2.24) is 5.32 Å². The van der Waals surface area contributed by atoms with Crippen molar-refractivity contribution in [3.63, 3.8) is 0 Å². The highest BCUT2D eigenvalue weighted by atomic mass is 79.9.